The van der Waals surface area contributed by atoms with Gasteiger partial charge in [-0.25, -0.2) is 9.97 Å². The first kappa shape index (κ1) is 26.0. The second-order valence-electron chi connectivity index (χ2n) is 10.1. The van der Waals surface area contributed by atoms with Crippen LogP contribution in [0.1, 0.15) is 48.5 Å². The Morgan fingerprint density at radius 1 is 1.10 bits per heavy atom. The van der Waals surface area contributed by atoms with E-state index in [1.165, 1.54) is 6.20 Å². The molecule has 0 saturated carbocycles. The van der Waals surface area contributed by atoms with Gasteiger partial charge in [-0.15, -0.1) is 0 Å². The predicted octanol–water partition coefficient (Wildman–Crippen LogP) is 4.03. The maximum absolute atomic E-state index is 12.2. The summed E-state index contributed by atoms with van der Waals surface area (Å²) in [6.45, 7) is 4.48. The molecule has 10 nitrogen and oxygen atoms in total. The minimum atomic E-state index is -0.543. The molecule has 0 bridgehead atoms. The molecule has 39 heavy (non-hydrogen) atoms. The summed E-state index contributed by atoms with van der Waals surface area (Å²) in [6.07, 6.45) is 6.48. The van der Waals surface area contributed by atoms with E-state index in [9.17, 15) is 9.59 Å². The zero-order valence-corrected chi connectivity index (χ0v) is 21.9. The van der Waals surface area contributed by atoms with E-state index in [1.807, 2.05) is 41.3 Å². The molecule has 2 fully saturated rings. The number of hydrogen-bond donors (Lipinski definition) is 3. The summed E-state index contributed by atoms with van der Waals surface area (Å²) in [5, 5.41) is 15.9. The van der Waals surface area contributed by atoms with Crippen molar-refractivity contribution >= 4 is 40.5 Å². The van der Waals surface area contributed by atoms with E-state index in [0.717, 1.165) is 56.1 Å². The largest absolute Gasteiger partial charge is 0.381 e. The number of aromatic nitrogens is 2. The summed E-state index contributed by atoms with van der Waals surface area (Å²) in [4.78, 5) is 37.3. The highest BCUT2D eigenvalue weighted by Gasteiger charge is 2.28. The fraction of sp³-hybridized carbons (Fsp3) is 0.345. The van der Waals surface area contributed by atoms with Crippen LogP contribution in [0.2, 0.25) is 0 Å². The minimum Gasteiger partial charge on any atom is -0.381 e. The number of carbonyl (C=O) groups excluding carboxylic acids is 2. The summed E-state index contributed by atoms with van der Waals surface area (Å²) in [7, 11) is 0. The third-order valence-electron chi connectivity index (χ3n) is 7.39. The zero-order valence-electron chi connectivity index (χ0n) is 21.9. The quantitative estimate of drug-likeness (QED) is 0.421. The molecular weight excluding hydrogens is 492 g/mol. The van der Waals surface area contributed by atoms with E-state index in [1.54, 1.807) is 12.3 Å². The number of nitrogens with zero attached hydrogens (tertiary/aromatic N) is 5. The Hall–Kier alpha value is -4.65. The molecular formula is C29H32N8O2. The SMILES string of the molecule is C[C@H]1CN(c2ccc(C#N)cn2)CC[C@H]1Nc1cc(Nc2ccc(N3CCCCC3=O)cc2)ncc1C(N)=O. The summed E-state index contributed by atoms with van der Waals surface area (Å²) in [5.74, 6) is 1.31. The normalized spacial score (nSPS) is 19.3. The average Bonchev–Trinajstić information content (AvgIpc) is 2.95. The van der Waals surface area contributed by atoms with E-state index >= 15 is 0 Å². The number of nitriles is 1. The first-order chi connectivity index (χ1) is 18.9. The number of hydrogen-bond acceptors (Lipinski definition) is 8. The van der Waals surface area contributed by atoms with Crippen LogP contribution in [0.5, 0.6) is 0 Å². The third kappa shape index (κ3) is 5.93. The van der Waals surface area contributed by atoms with Crippen LogP contribution in [0.3, 0.4) is 0 Å². The molecule has 0 unspecified atom stereocenters. The van der Waals surface area contributed by atoms with Gasteiger partial charge in [-0.2, -0.15) is 5.26 Å². The standard InChI is InChI=1S/C29H32N8O2/c1-19-18-36(27-10-5-20(15-30)16-33-27)13-11-24(19)35-25-14-26(32-17-23(25)29(31)39)34-21-6-8-22(9-7-21)37-12-3-2-4-28(37)38/h5-10,14,16-17,19,24H,2-4,11-13,18H2,1H3,(H2,31,39)(H2,32,34,35)/t19-,24+/m0/s1. The number of pyridine rings is 2. The molecule has 1 aromatic carbocycles. The lowest BCUT2D eigenvalue weighted by Crippen LogP contribution is -2.45. The summed E-state index contributed by atoms with van der Waals surface area (Å²) in [6, 6.07) is 15.4. The molecule has 4 N–H and O–H groups in total. The number of rotatable bonds is 7. The van der Waals surface area contributed by atoms with E-state index in [-0.39, 0.29) is 17.9 Å². The van der Waals surface area contributed by atoms with Gasteiger partial charge in [0.2, 0.25) is 5.91 Å². The second-order valence-corrected chi connectivity index (χ2v) is 10.1. The van der Waals surface area contributed by atoms with Crippen molar-refractivity contribution in [2.24, 2.45) is 11.7 Å². The number of amides is 2. The molecule has 2 aromatic heterocycles. The van der Waals surface area contributed by atoms with Crippen LogP contribution < -0.4 is 26.2 Å². The van der Waals surface area contributed by atoms with Crippen LogP contribution in [-0.4, -0.2) is 47.5 Å². The number of nitrogens with two attached hydrogens (primary N) is 1. The lowest BCUT2D eigenvalue weighted by molar-refractivity contribution is -0.119. The smallest absolute Gasteiger partial charge is 0.252 e. The van der Waals surface area contributed by atoms with Crippen molar-refractivity contribution in [3.05, 3.63) is 66.0 Å². The molecule has 2 aliphatic rings. The van der Waals surface area contributed by atoms with E-state index < -0.39 is 5.91 Å². The van der Waals surface area contributed by atoms with Gasteiger partial charge in [-0.3, -0.25) is 9.59 Å². The van der Waals surface area contributed by atoms with Gasteiger partial charge in [0.15, 0.2) is 0 Å². The Morgan fingerprint density at radius 3 is 2.59 bits per heavy atom. The van der Waals surface area contributed by atoms with Gasteiger partial charge < -0.3 is 26.2 Å². The van der Waals surface area contributed by atoms with Gasteiger partial charge >= 0.3 is 0 Å². The van der Waals surface area contributed by atoms with Crippen LogP contribution in [0, 0.1) is 17.2 Å². The first-order valence-electron chi connectivity index (χ1n) is 13.3. The van der Waals surface area contributed by atoms with Gasteiger partial charge in [0, 0.05) is 61.9 Å². The number of nitrogens with one attached hydrogen (secondary N) is 2. The predicted molar refractivity (Wildman–Crippen MR) is 151 cm³/mol. The minimum absolute atomic E-state index is 0.120. The molecule has 0 aliphatic carbocycles. The Kier molecular flexibility index (Phi) is 7.59. The topological polar surface area (TPSA) is 140 Å². The van der Waals surface area contributed by atoms with Crippen molar-refractivity contribution in [3.63, 3.8) is 0 Å². The first-order valence-corrected chi connectivity index (χ1v) is 13.3. The van der Waals surface area contributed by atoms with Crippen molar-refractivity contribution in [1.82, 2.24) is 9.97 Å². The van der Waals surface area contributed by atoms with Gasteiger partial charge in [-0.1, -0.05) is 6.92 Å². The van der Waals surface area contributed by atoms with Gasteiger partial charge in [-0.05, 0) is 61.6 Å². The molecule has 4 heterocycles. The van der Waals surface area contributed by atoms with Crippen LogP contribution in [0.15, 0.2) is 54.9 Å². The highest BCUT2D eigenvalue weighted by Crippen LogP contribution is 2.29. The molecule has 0 spiro atoms. The van der Waals surface area contributed by atoms with E-state index in [0.29, 0.717) is 29.1 Å². The molecule has 2 amide bonds. The lowest BCUT2D eigenvalue weighted by Gasteiger charge is -2.38. The Labute approximate surface area is 227 Å². The molecule has 5 rings (SSSR count). The maximum atomic E-state index is 12.2. The number of carbonyl (C=O) groups is 2. The Morgan fingerprint density at radius 2 is 1.92 bits per heavy atom. The van der Waals surface area contributed by atoms with Crippen LogP contribution in [-0.2, 0) is 4.79 Å². The van der Waals surface area contributed by atoms with Crippen LogP contribution in [0.25, 0.3) is 0 Å². The van der Waals surface area contributed by atoms with E-state index in [2.05, 4.69) is 38.5 Å². The molecule has 2 saturated heterocycles. The number of piperidine rings is 2. The van der Waals surface area contributed by atoms with Crippen molar-refractivity contribution < 1.29 is 9.59 Å². The zero-order chi connectivity index (χ0) is 27.4. The molecule has 0 radical (unpaired) electrons. The molecule has 2 aliphatic heterocycles. The van der Waals surface area contributed by atoms with Gasteiger partial charge in [0.1, 0.15) is 17.7 Å². The number of primary amides is 1. The molecule has 10 heteroatoms. The summed E-state index contributed by atoms with van der Waals surface area (Å²) in [5.41, 5.74) is 8.89. The Balaban J connectivity index is 1.27. The van der Waals surface area contributed by atoms with Crippen molar-refractivity contribution in [1.29, 1.82) is 5.26 Å². The van der Waals surface area contributed by atoms with Gasteiger partial charge in [0.05, 0.1) is 16.8 Å². The van der Waals surface area contributed by atoms with Crippen molar-refractivity contribution in [2.75, 3.05) is 40.1 Å². The average molecular weight is 525 g/mol. The van der Waals surface area contributed by atoms with Crippen molar-refractivity contribution in [3.8, 4) is 6.07 Å². The highest BCUT2D eigenvalue weighted by molar-refractivity contribution is 5.98. The lowest BCUT2D eigenvalue weighted by atomic mass is 9.93. The monoisotopic (exact) mass is 524 g/mol. The Bertz CT molecular complexity index is 1380. The van der Waals surface area contributed by atoms with Crippen molar-refractivity contribution in [2.45, 2.75) is 38.6 Å². The number of anilines is 5. The molecule has 3 aromatic rings. The van der Waals surface area contributed by atoms with Crippen LogP contribution in [0.4, 0.5) is 28.7 Å². The number of benzene rings is 1. The van der Waals surface area contributed by atoms with E-state index in [4.69, 9.17) is 11.0 Å². The fourth-order valence-corrected chi connectivity index (χ4v) is 5.20. The molecule has 200 valence electrons. The summed E-state index contributed by atoms with van der Waals surface area (Å²) < 4.78 is 0. The van der Waals surface area contributed by atoms with Gasteiger partial charge in [0.25, 0.3) is 5.91 Å². The fourth-order valence-electron chi connectivity index (χ4n) is 5.20. The summed E-state index contributed by atoms with van der Waals surface area (Å²) >= 11 is 0. The molecule has 2 atom stereocenters. The third-order valence-corrected chi connectivity index (χ3v) is 7.39. The van der Waals surface area contributed by atoms with Crippen LogP contribution >= 0.6 is 0 Å². The maximum Gasteiger partial charge on any atom is 0.252 e. The second kappa shape index (κ2) is 11.4. The highest BCUT2D eigenvalue weighted by atomic mass is 16.2.